The van der Waals surface area contributed by atoms with Crippen LogP contribution < -0.4 is 0 Å². The Kier molecular flexibility index (Phi) is 2.78. The van der Waals surface area contributed by atoms with Crippen molar-refractivity contribution in [2.24, 2.45) is 0 Å². The largest absolute Gasteiger partial charge is 0.294 e. The second kappa shape index (κ2) is 3.45. The van der Waals surface area contributed by atoms with Gasteiger partial charge in [0.1, 0.15) is 4.60 Å². The first kappa shape index (κ1) is 8.87. The summed E-state index contributed by atoms with van der Waals surface area (Å²) in [5.74, 6) is -0.00292. The van der Waals surface area contributed by atoms with Crippen LogP contribution >= 0.6 is 31.9 Å². The number of ketones is 1. The Morgan fingerprint density at radius 1 is 1.55 bits per heavy atom. The van der Waals surface area contributed by atoms with Gasteiger partial charge in [-0.15, -0.1) is 0 Å². The minimum absolute atomic E-state index is 0.00292. The van der Waals surface area contributed by atoms with Gasteiger partial charge < -0.3 is 0 Å². The number of rotatable bonds is 1. The van der Waals surface area contributed by atoms with E-state index in [-0.39, 0.29) is 5.78 Å². The average Bonchev–Trinajstić information content (AvgIpc) is 1.85. The van der Waals surface area contributed by atoms with Crippen molar-refractivity contribution in [3.63, 3.8) is 0 Å². The van der Waals surface area contributed by atoms with Crippen LogP contribution in [-0.4, -0.2) is 10.8 Å². The summed E-state index contributed by atoms with van der Waals surface area (Å²) in [5.41, 5.74) is 0.590. The van der Waals surface area contributed by atoms with Crippen molar-refractivity contribution < 1.29 is 4.79 Å². The highest BCUT2D eigenvalue weighted by atomic mass is 79.9. The lowest BCUT2D eigenvalue weighted by Gasteiger charge is -2.00. The summed E-state index contributed by atoms with van der Waals surface area (Å²) in [5, 5.41) is 0. The molecule has 1 rings (SSSR count). The van der Waals surface area contributed by atoms with Gasteiger partial charge in [0.25, 0.3) is 0 Å². The third-order valence-electron chi connectivity index (χ3n) is 1.21. The van der Waals surface area contributed by atoms with Crippen molar-refractivity contribution >= 4 is 37.6 Å². The van der Waals surface area contributed by atoms with Crippen molar-refractivity contribution in [3.8, 4) is 0 Å². The van der Waals surface area contributed by atoms with E-state index in [1.54, 1.807) is 12.3 Å². The molecule has 0 atom stereocenters. The zero-order valence-corrected chi connectivity index (χ0v) is 8.94. The number of carbonyl (C=O) groups is 1. The van der Waals surface area contributed by atoms with E-state index in [9.17, 15) is 4.79 Å². The maximum atomic E-state index is 11.0. The first-order chi connectivity index (χ1) is 5.13. The van der Waals surface area contributed by atoms with Gasteiger partial charge in [-0.05, 0) is 44.8 Å². The van der Waals surface area contributed by atoms with Gasteiger partial charge in [-0.2, -0.15) is 0 Å². The molecule has 0 fully saturated rings. The van der Waals surface area contributed by atoms with Gasteiger partial charge in [-0.25, -0.2) is 4.98 Å². The van der Waals surface area contributed by atoms with E-state index in [1.807, 2.05) is 0 Å². The molecule has 0 spiro atoms. The van der Waals surface area contributed by atoms with Crippen LogP contribution in [0.1, 0.15) is 17.3 Å². The lowest BCUT2D eigenvalue weighted by Crippen LogP contribution is -1.96. The predicted octanol–water partition coefficient (Wildman–Crippen LogP) is 2.81. The Bertz CT molecular complexity index is 278. The molecule has 0 aliphatic carbocycles. The Hall–Kier alpha value is -0.220. The molecule has 58 valence electrons. The maximum Gasteiger partial charge on any atom is 0.163 e. The lowest BCUT2D eigenvalue weighted by atomic mass is 10.2. The topological polar surface area (TPSA) is 30.0 Å². The van der Waals surface area contributed by atoms with E-state index >= 15 is 0 Å². The number of aromatic nitrogens is 1. The van der Waals surface area contributed by atoms with Crippen LogP contribution in [0, 0.1) is 0 Å². The first-order valence-electron chi connectivity index (χ1n) is 2.94. The molecule has 0 aromatic carbocycles. The van der Waals surface area contributed by atoms with Gasteiger partial charge in [0.2, 0.25) is 0 Å². The smallest absolute Gasteiger partial charge is 0.163 e. The van der Waals surface area contributed by atoms with Gasteiger partial charge in [-0.1, -0.05) is 0 Å². The summed E-state index contributed by atoms with van der Waals surface area (Å²) in [6.07, 6.45) is 1.63. The maximum absolute atomic E-state index is 11.0. The Balaban J connectivity index is 3.32. The van der Waals surface area contributed by atoms with Gasteiger partial charge in [0.15, 0.2) is 5.78 Å². The average molecular weight is 279 g/mol. The predicted molar refractivity (Wildman–Crippen MR) is 49.6 cm³/mol. The Labute approximate surface area is 81.3 Å². The molecule has 0 aliphatic heterocycles. The molecule has 0 amide bonds. The zero-order chi connectivity index (χ0) is 8.43. The zero-order valence-electron chi connectivity index (χ0n) is 5.77. The number of carbonyl (C=O) groups excluding carboxylic acids is 1. The molecule has 11 heavy (non-hydrogen) atoms. The van der Waals surface area contributed by atoms with Crippen LogP contribution in [0.5, 0.6) is 0 Å². The van der Waals surface area contributed by atoms with E-state index < -0.39 is 0 Å². The van der Waals surface area contributed by atoms with Gasteiger partial charge in [-0.3, -0.25) is 4.79 Å². The van der Waals surface area contributed by atoms with Crippen LogP contribution in [0.25, 0.3) is 0 Å². The van der Waals surface area contributed by atoms with Gasteiger partial charge in [0.05, 0.1) is 5.56 Å². The second-order valence-electron chi connectivity index (χ2n) is 2.01. The highest BCUT2D eigenvalue weighted by Gasteiger charge is 2.09. The second-order valence-corrected chi connectivity index (χ2v) is 3.62. The molecular formula is C7H5Br2NO. The third-order valence-corrected chi connectivity index (χ3v) is 2.47. The van der Waals surface area contributed by atoms with E-state index in [0.29, 0.717) is 10.2 Å². The summed E-state index contributed by atoms with van der Waals surface area (Å²) >= 11 is 6.44. The number of hydrogen-bond donors (Lipinski definition) is 0. The van der Waals surface area contributed by atoms with Crippen molar-refractivity contribution in [3.05, 3.63) is 26.9 Å². The van der Waals surface area contributed by atoms with Crippen molar-refractivity contribution in [2.75, 3.05) is 0 Å². The van der Waals surface area contributed by atoms with Crippen LogP contribution in [0.2, 0.25) is 0 Å². The van der Waals surface area contributed by atoms with Gasteiger partial charge in [0, 0.05) is 10.7 Å². The first-order valence-corrected chi connectivity index (χ1v) is 4.52. The van der Waals surface area contributed by atoms with Crippen molar-refractivity contribution in [2.45, 2.75) is 6.92 Å². The molecule has 0 saturated heterocycles. The standard InChI is InChI=1S/C7H5Br2NO/c1-4(11)6-5(8)2-3-10-7(6)9/h2-3H,1H3. The summed E-state index contributed by atoms with van der Waals surface area (Å²) < 4.78 is 1.35. The molecule has 0 unspecified atom stereocenters. The lowest BCUT2D eigenvalue weighted by molar-refractivity contribution is 0.101. The summed E-state index contributed by atoms with van der Waals surface area (Å²) in [6, 6.07) is 1.74. The van der Waals surface area contributed by atoms with E-state index in [1.165, 1.54) is 6.92 Å². The molecule has 0 N–H and O–H groups in total. The number of hydrogen-bond acceptors (Lipinski definition) is 2. The minimum Gasteiger partial charge on any atom is -0.294 e. The van der Waals surface area contributed by atoms with Gasteiger partial charge >= 0.3 is 0 Å². The van der Waals surface area contributed by atoms with Crippen molar-refractivity contribution in [1.82, 2.24) is 4.98 Å². The fourth-order valence-corrected chi connectivity index (χ4v) is 2.19. The van der Waals surface area contributed by atoms with Crippen LogP contribution in [0.3, 0.4) is 0 Å². The molecule has 1 heterocycles. The molecule has 1 aromatic heterocycles. The molecule has 0 radical (unpaired) electrons. The fourth-order valence-electron chi connectivity index (χ4n) is 0.728. The van der Waals surface area contributed by atoms with Crippen LogP contribution in [0.15, 0.2) is 21.3 Å². The number of halogens is 2. The van der Waals surface area contributed by atoms with Crippen LogP contribution in [-0.2, 0) is 0 Å². The highest BCUT2D eigenvalue weighted by Crippen LogP contribution is 2.22. The van der Waals surface area contributed by atoms with E-state index in [0.717, 1.165) is 4.47 Å². The highest BCUT2D eigenvalue weighted by molar-refractivity contribution is 9.11. The monoisotopic (exact) mass is 277 g/mol. The Morgan fingerprint density at radius 2 is 2.18 bits per heavy atom. The quantitative estimate of drug-likeness (QED) is 0.584. The molecule has 2 nitrogen and oxygen atoms in total. The van der Waals surface area contributed by atoms with Crippen molar-refractivity contribution in [1.29, 1.82) is 0 Å². The molecule has 0 saturated carbocycles. The fraction of sp³-hybridized carbons (Fsp3) is 0.143. The Morgan fingerprint density at radius 3 is 2.55 bits per heavy atom. The van der Waals surface area contributed by atoms with E-state index in [2.05, 4.69) is 36.8 Å². The summed E-state index contributed by atoms with van der Waals surface area (Å²) in [7, 11) is 0. The minimum atomic E-state index is -0.00292. The van der Waals surface area contributed by atoms with E-state index in [4.69, 9.17) is 0 Å². The number of Topliss-reactive ketones (excluding diaryl/α,β-unsaturated/α-hetero) is 1. The molecule has 0 aliphatic rings. The molecular weight excluding hydrogens is 274 g/mol. The number of pyridine rings is 1. The molecule has 0 bridgehead atoms. The number of nitrogens with zero attached hydrogens (tertiary/aromatic N) is 1. The molecule has 1 aromatic rings. The summed E-state index contributed by atoms with van der Waals surface area (Å²) in [6.45, 7) is 1.51. The summed E-state index contributed by atoms with van der Waals surface area (Å²) in [4.78, 5) is 14.9. The third kappa shape index (κ3) is 1.87. The SMILES string of the molecule is CC(=O)c1c(Br)ccnc1Br. The molecule has 4 heteroatoms. The van der Waals surface area contributed by atoms with Crippen LogP contribution in [0.4, 0.5) is 0 Å². The normalized spacial score (nSPS) is 9.73.